The molecule has 0 aliphatic carbocycles. The summed E-state index contributed by atoms with van der Waals surface area (Å²) < 4.78 is 26.8. The standard InChI is InChI=1S/C14H22N2O2S/c1-10-4-6-16(7-5-10)19(17,18)14-9-12(3)11(2)8-13(14)15/h8-10H,4-7,15H2,1-3H3. The molecule has 0 bridgehead atoms. The van der Waals surface area contributed by atoms with Crippen LogP contribution in [0.4, 0.5) is 5.69 Å². The molecular formula is C14H22N2O2S. The Bertz CT molecular complexity index is 573. The minimum Gasteiger partial charge on any atom is -0.398 e. The van der Waals surface area contributed by atoms with Gasteiger partial charge in [0.1, 0.15) is 4.90 Å². The molecule has 0 atom stereocenters. The SMILES string of the molecule is Cc1cc(N)c(S(=O)(=O)N2CCC(C)CC2)cc1C. The first kappa shape index (κ1) is 14.3. The summed E-state index contributed by atoms with van der Waals surface area (Å²) in [5.74, 6) is 0.601. The van der Waals surface area contributed by atoms with E-state index in [0.717, 1.165) is 24.0 Å². The lowest BCUT2D eigenvalue weighted by Gasteiger charge is -2.30. The first-order valence-corrected chi connectivity index (χ1v) is 8.13. The lowest BCUT2D eigenvalue weighted by Crippen LogP contribution is -2.38. The first-order valence-electron chi connectivity index (χ1n) is 6.69. The van der Waals surface area contributed by atoms with E-state index in [0.29, 0.717) is 24.7 Å². The van der Waals surface area contributed by atoms with Crippen molar-refractivity contribution >= 4 is 15.7 Å². The van der Waals surface area contributed by atoms with Gasteiger partial charge >= 0.3 is 0 Å². The summed E-state index contributed by atoms with van der Waals surface area (Å²) in [5.41, 5.74) is 8.23. The summed E-state index contributed by atoms with van der Waals surface area (Å²) in [5, 5.41) is 0. The molecule has 1 aromatic rings. The monoisotopic (exact) mass is 282 g/mol. The number of anilines is 1. The number of rotatable bonds is 2. The zero-order valence-corrected chi connectivity index (χ0v) is 12.6. The zero-order chi connectivity index (χ0) is 14.2. The maximum atomic E-state index is 12.6. The molecule has 4 nitrogen and oxygen atoms in total. The van der Waals surface area contributed by atoms with Crippen molar-refractivity contribution in [2.24, 2.45) is 5.92 Å². The van der Waals surface area contributed by atoms with Gasteiger partial charge in [-0.25, -0.2) is 8.42 Å². The molecule has 0 aromatic heterocycles. The van der Waals surface area contributed by atoms with Crippen LogP contribution in [0, 0.1) is 19.8 Å². The molecule has 0 saturated carbocycles. The second-order valence-corrected chi connectivity index (χ2v) is 7.47. The second-order valence-electron chi connectivity index (χ2n) is 5.56. The van der Waals surface area contributed by atoms with E-state index in [-0.39, 0.29) is 4.90 Å². The van der Waals surface area contributed by atoms with Crippen LogP contribution in [0.2, 0.25) is 0 Å². The van der Waals surface area contributed by atoms with Crippen molar-refractivity contribution in [2.45, 2.75) is 38.5 Å². The Morgan fingerprint density at radius 1 is 1.16 bits per heavy atom. The van der Waals surface area contributed by atoms with Crippen LogP contribution in [0.5, 0.6) is 0 Å². The predicted molar refractivity (Wildman–Crippen MR) is 77.5 cm³/mol. The summed E-state index contributed by atoms with van der Waals surface area (Å²) in [4.78, 5) is 0.255. The highest BCUT2D eigenvalue weighted by molar-refractivity contribution is 7.89. The summed E-state index contributed by atoms with van der Waals surface area (Å²) in [6.07, 6.45) is 1.84. The molecule has 19 heavy (non-hydrogen) atoms. The fourth-order valence-electron chi connectivity index (χ4n) is 2.40. The molecular weight excluding hydrogens is 260 g/mol. The number of nitrogen functional groups attached to an aromatic ring is 1. The van der Waals surface area contributed by atoms with Gasteiger partial charge in [-0.15, -0.1) is 0 Å². The number of benzene rings is 1. The molecule has 0 unspecified atom stereocenters. The summed E-state index contributed by atoms with van der Waals surface area (Å²) >= 11 is 0. The zero-order valence-electron chi connectivity index (χ0n) is 11.8. The van der Waals surface area contributed by atoms with E-state index in [1.54, 1.807) is 16.4 Å². The van der Waals surface area contributed by atoms with Crippen LogP contribution in [-0.4, -0.2) is 25.8 Å². The second kappa shape index (κ2) is 5.13. The van der Waals surface area contributed by atoms with Gasteiger partial charge in [-0.3, -0.25) is 0 Å². The van der Waals surface area contributed by atoms with Crippen LogP contribution in [-0.2, 0) is 10.0 Å². The van der Waals surface area contributed by atoms with Crippen LogP contribution in [0.25, 0.3) is 0 Å². The summed E-state index contributed by atoms with van der Waals surface area (Å²) in [6, 6.07) is 3.44. The molecule has 2 rings (SSSR count). The van der Waals surface area contributed by atoms with Gasteiger partial charge in [0, 0.05) is 13.1 Å². The van der Waals surface area contributed by atoms with E-state index in [4.69, 9.17) is 5.73 Å². The van der Waals surface area contributed by atoms with Gasteiger partial charge in [0.2, 0.25) is 10.0 Å². The molecule has 1 aliphatic rings. The lowest BCUT2D eigenvalue weighted by molar-refractivity contribution is 0.288. The Labute approximate surface area is 115 Å². The van der Waals surface area contributed by atoms with Gasteiger partial charge in [0.05, 0.1) is 5.69 Å². The first-order chi connectivity index (χ1) is 8.82. The van der Waals surface area contributed by atoms with E-state index in [2.05, 4.69) is 6.92 Å². The number of hydrogen-bond donors (Lipinski definition) is 1. The van der Waals surface area contributed by atoms with Crippen LogP contribution < -0.4 is 5.73 Å². The highest BCUT2D eigenvalue weighted by atomic mass is 32.2. The predicted octanol–water partition coefficient (Wildman–Crippen LogP) is 2.31. The van der Waals surface area contributed by atoms with Gasteiger partial charge in [0.25, 0.3) is 0 Å². The Kier molecular flexibility index (Phi) is 3.87. The Hall–Kier alpha value is -1.07. The van der Waals surface area contributed by atoms with Crippen molar-refractivity contribution in [2.75, 3.05) is 18.8 Å². The topological polar surface area (TPSA) is 63.4 Å². The molecule has 1 saturated heterocycles. The molecule has 0 amide bonds. The average molecular weight is 282 g/mol. The van der Waals surface area contributed by atoms with Gasteiger partial charge in [-0.2, -0.15) is 4.31 Å². The Morgan fingerprint density at radius 2 is 1.68 bits per heavy atom. The minimum atomic E-state index is -3.45. The van der Waals surface area contributed by atoms with Gasteiger partial charge in [-0.05, 0) is 55.9 Å². The summed E-state index contributed by atoms with van der Waals surface area (Å²) in [7, 11) is -3.45. The smallest absolute Gasteiger partial charge is 0.245 e. The molecule has 2 N–H and O–H groups in total. The number of hydrogen-bond acceptors (Lipinski definition) is 3. The van der Waals surface area contributed by atoms with Gasteiger partial charge in [0.15, 0.2) is 0 Å². The maximum Gasteiger partial charge on any atom is 0.245 e. The molecule has 1 aromatic carbocycles. The van der Waals surface area contributed by atoms with Gasteiger partial charge < -0.3 is 5.73 Å². The van der Waals surface area contributed by atoms with Crippen molar-refractivity contribution in [3.63, 3.8) is 0 Å². The Balaban J connectivity index is 2.37. The van der Waals surface area contributed by atoms with Crippen LogP contribution >= 0.6 is 0 Å². The fourth-order valence-corrected chi connectivity index (χ4v) is 4.05. The number of nitrogens with two attached hydrogens (primary N) is 1. The largest absolute Gasteiger partial charge is 0.398 e. The van der Waals surface area contributed by atoms with Crippen molar-refractivity contribution < 1.29 is 8.42 Å². The number of nitrogens with zero attached hydrogens (tertiary/aromatic N) is 1. The van der Waals surface area contributed by atoms with E-state index in [9.17, 15) is 8.42 Å². The summed E-state index contributed by atoms with van der Waals surface area (Å²) in [6.45, 7) is 7.19. The normalized spacial score (nSPS) is 18.7. The van der Waals surface area contributed by atoms with Gasteiger partial charge in [-0.1, -0.05) is 6.92 Å². The third-order valence-electron chi connectivity index (χ3n) is 3.99. The third kappa shape index (κ3) is 2.77. The molecule has 1 aliphatic heterocycles. The van der Waals surface area contributed by atoms with Crippen LogP contribution in [0.3, 0.4) is 0 Å². The van der Waals surface area contributed by atoms with Crippen LogP contribution in [0.1, 0.15) is 30.9 Å². The maximum absolute atomic E-state index is 12.6. The quantitative estimate of drug-likeness (QED) is 0.847. The molecule has 106 valence electrons. The average Bonchev–Trinajstić information content (AvgIpc) is 2.34. The number of sulfonamides is 1. The molecule has 1 heterocycles. The van der Waals surface area contributed by atoms with Crippen molar-refractivity contribution in [3.8, 4) is 0 Å². The molecule has 0 spiro atoms. The third-order valence-corrected chi connectivity index (χ3v) is 5.94. The van der Waals surface area contributed by atoms with E-state index >= 15 is 0 Å². The van der Waals surface area contributed by atoms with Crippen molar-refractivity contribution in [3.05, 3.63) is 23.3 Å². The van der Waals surface area contributed by atoms with Crippen LogP contribution in [0.15, 0.2) is 17.0 Å². The minimum absolute atomic E-state index is 0.255. The van der Waals surface area contributed by atoms with E-state index in [1.165, 1.54) is 0 Å². The lowest BCUT2D eigenvalue weighted by atomic mass is 10.0. The van der Waals surface area contributed by atoms with E-state index < -0.39 is 10.0 Å². The highest BCUT2D eigenvalue weighted by Crippen LogP contribution is 2.28. The van der Waals surface area contributed by atoms with Crippen molar-refractivity contribution in [1.82, 2.24) is 4.31 Å². The molecule has 0 radical (unpaired) electrons. The number of piperidine rings is 1. The van der Waals surface area contributed by atoms with E-state index in [1.807, 2.05) is 13.8 Å². The van der Waals surface area contributed by atoms with Crippen molar-refractivity contribution in [1.29, 1.82) is 0 Å². The fraction of sp³-hybridized carbons (Fsp3) is 0.571. The molecule has 1 fully saturated rings. The molecule has 5 heteroatoms. The Morgan fingerprint density at radius 3 is 2.26 bits per heavy atom. The highest BCUT2D eigenvalue weighted by Gasteiger charge is 2.29. The number of aryl methyl sites for hydroxylation is 2.